The molecule has 174 valence electrons. The Morgan fingerprint density at radius 1 is 1.03 bits per heavy atom. The highest BCUT2D eigenvalue weighted by Gasteiger charge is 2.45. The van der Waals surface area contributed by atoms with E-state index in [-0.39, 0.29) is 36.5 Å². The number of halogens is 1. The molecule has 32 heavy (non-hydrogen) atoms. The van der Waals surface area contributed by atoms with E-state index in [1.165, 1.54) is 0 Å². The molecule has 6 nitrogen and oxygen atoms in total. The zero-order valence-corrected chi connectivity index (χ0v) is 19.9. The largest absolute Gasteiger partial charge is 0.489 e. The lowest BCUT2D eigenvalue weighted by atomic mass is 9.93. The highest BCUT2D eigenvalue weighted by atomic mass is 35.5. The van der Waals surface area contributed by atoms with E-state index in [2.05, 4.69) is 6.07 Å². The third-order valence-electron chi connectivity index (χ3n) is 6.66. The van der Waals surface area contributed by atoms with E-state index in [0.717, 1.165) is 51.4 Å². The lowest BCUT2D eigenvalue weighted by molar-refractivity contribution is -0.0812. The van der Waals surface area contributed by atoms with Gasteiger partial charge in [0.2, 0.25) is 0 Å². The molecule has 7 heteroatoms. The van der Waals surface area contributed by atoms with Crippen molar-refractivity contribution >= 4 is 17.7 Å². The monoisotopic (exact) mass is 460 g/mol. The number of nitrogens with zero attached hydrogens (tertiary/aromatic N) is 2. The van der Waals surface area contributed by atoms with Gasteiger partial charge < -0.3 is 19.1 Å². The molecule has 2 atom stereocenters. The summed E-state index contributed by atoms with van der Waals surface area (Å²) in [6.07, 6.45) is 7.90. The SMILES string of the molecule is CC(C)(C)OC(=O)N1[C@H]2CC[C@H]1CC(OC1CCC(Oc3ccc(Cl)cc3C#N)CC1)C2. The predicted molar refractivity (Wildman–Crippen MR) is 122 cm³/mol. The average molecular weight is 461 g/mol. The van der Waals surface area contributed by atoms with Gasteiger partial charge in [0, 0.05) is 17.1 Å². The summed E-state index contributed by atoms with van der Waals surface area (Å²) in [5.74, 6) is 0.604. The summed E-state index contributed by atoms with van der Waals surface area (Å²) in [5.41, 5.74) is 0.00743. The fraction of sp³-hybridized carbons (Fsp3) is 0.680. The number of hydrogen-bond acceptors (Lipinski definition) is 5. The number of piperidine rings is 1. The smallest absolute Gasteiger partial charge is 0.410 e. The highest BCUT2D eigenvalue weighted by Crippen LogP contribution is 2.39. The number of fused-ring (bicyclic) bond motifs is 2. The Morgan fingerprint density at radius 3 is 2.25 bits per heavy atom. The number of carbonyl (C=O) groups excluding carboxylic acids is 1. The molecular formula is C25H33ClN2O4. The van der Waals surface area contributed by atoms with E-state index >= 15 is 0 Å². The highest BCUT2D eigenvalue weighted by molar-refractivity contribution is 6.30. The Balaban J connectivity index is 1.25. The Kier molecular flexibility index (Phi) is 6.88. The van der Waals surface area contributed by atoms with Gasteiger partial charge in [-0.3, -0.25) is 0 Å². The van der Waals surface area contributed by atoms with E-state index < -0.39 is 5.60 Å². The first kappa shape index (κ1) is 23.2. The minimum atomic E-state index is -0.468. The van der Waals surface area contributed by atoms with Gasteiger partial charge in [-0.25, -0.2) is 4.79 Å². The molecule has 2 saturated heterocycles. The van der Waals surface area contributed by atoms with Crippen molar-refractivity contribution in [3.63, 3.8) is 0 Å². The minimum absolute atomic E-state index is 0.0910. The molecular weight excluding hydrogens is 428 g/mol. The van der Waals surface area contributed by atoms with E-state index in [4.69, 9.17) is 25.8 Å². The normalized spacial score (nSPS) is 30.0. The van der Waals surface area contributed by atoms with E-state index in [0.29, 0.717) is 16.3 Å². The molecule has 0 spiro atoms. The third kappa shape index (κ3) is 5.50. The summed E-state index contributed by atoms with van der Waals surface area (Å²) in [5, 5.41) is 9.85. The summed E-state index contributed by atoms with van der Waals surface area (Å²) >= 11 is 5.98. The predicted octanol–water partition coefficient (Wildman–Crippen LogP) is 5.85. The number of rotatable bonds is 4. The third-order valence-corrected chi connectivity index (χ3v) is 6.89. The maximum absolute atomic E-state index is 12.6. The van der Waals surface area contributed by atoms with Crippen LogP contribution in [0.25, 0.3) is 0 Å². The van der Waals surface area contributed by atoms with Crippen LogP contribution in [0, 0.1) is 11.3 Å². The maximum atomic E-state index is 12.6. The van der Waals surface area contributed by atoms with Crippen molar-refractivity contribution in [3.8, 4) is 11.8 Å². The maximum Gasteiger partial charge on any atom is 0.410 e. The summed E-state index contributed by atoms with van der Waals surface area (Å²) in [6, 6.07) is 7.78. The van der Waals surface area contributed by atoms with E-state index in [1.54, 1.807) is 18.2 Å². The van der Waals surface area contributed by atoms with Crippen LogP contribution in [0.5, 0.6) is 5.75 Å². The standard InChI is InChI=1S/C25H33ClN2O4/c1-25(2,3)32-24(29)28-18-5-6-19(28)14-22(13-18)30-20-7-9-21(10-8-20)31-23-11-4-17(26)12-16(23)15-27/h4,11-12,18-22H,5-10,13-14H2,1-3H3/t18-,19-,20?,21?/m0/s1. The zero-order chi connectivity index (χ0) is 22.9. The molecule has 1 amide bonds. The summed E-state index contributed by atoms with van der Waals surface area (Å²) in [4.78, 5) is 14.6. The molecule has 1 aromatic carbocycles. The van der Waals surface area contributed by atoms with Crippen molar-refractivity contribution in [2.24, 2.45) is 0 Å². The van der Waals surface area contributed by atoms with Crippen LogP contribution in [0.4, 0.5) is 4.79 Å². The van der Waals surface area contributed by atoms with Gasteiger partial charge in [0.05, 0.1) is 23.9 Å². The van der Waals surface area contributed by atoms with Crippen LogP contribution in [0.1, 0.15) is 77.7 Å². The van der Waals surface area contributed by atoms with Crippen molar-refractivity contribution in [2.45, 2.75) is 108 Å². The van der Waals surface area contributed by atoms with Gasteiger partial charge in [-0.2, -0.15) is 5.26 Å². The average Bonchev–Trinajstić information content (AvgIpc) is 3.00. The molecule has 3 fully saturated rings. The first-order valence-corrected chi connectivity index (χ1v) is 12.1. The molecule has 1 aliphatic carbocycles. The lowest BCUT2D eigenvalue weighted by Crippen LogP contribution is -2.50. The lowest BCUT2D eigenvalue weighted by Gasteiger charge is -2.41. The molecule has 4 rings (SSSR count). The number of ether oxygens (including phenoxy) is 3. The molecule has 2 aliphatic heterocycles. The second kappa shape index (κ2) is 9.49. The van der Waals surface area contributed by atoms with Gasteiger partial charge in [-0.15, -0.1) is 0 Å². The Labute approximate surface area is 195 Å². The van der Waals surface area contributed by atoms with Gasteiger partial charge in [0.15, 0.2) is 0 Å². The Morgan fingerprint density at radius 2 is 1.66 bits per heavy atom. The number of amides is 1. The Bertz CT molecular complexity index is 856. The Hall–Kier alpha value is -1.97. The van der Waals surface area contributed by atoms with Gasteiger partial charge in [-0.1, -0.05) is 11.6 Å². The number of nitriles is 1. The van der Waals surface area contributed by atoms with Gasteiger partial charge >= 0.3 is 6.09 Å². The number of benzene rings is 1. The topological polar surface area (TPSA) is 71.8 Å². The first-order valence-electron chi connectivity index (χ1n) is 11.7. The van der Waals surface area contributed by atoms with Crippen LogP contribution in [-0.4, -0.2) is 47.0 Å². The molecule has 0 radical (unpaired) electrons. The number of hydrogen-bond donors (Lipinski definition) is 0. The van der Waals surface area contributed by atoms with Gasteiger partial charge in [0.1, 0.15) is 17.4 Å². The van der Waals surface area contributed by atoms with Crippen molar-refractivity contribution in [2.75, 3.05) is 0 Å². The summed E-state index contributed by atoms with van der Waals surface area (Å²) in [6.45, 7) is 5.74. The molecule has 1 saturated carbocycles. The molecule has 0 unspecified atom stereocenters. The van der Waals surface area contributed by atoms with Gasteiger partial charge in [-0.05, 0) is 90.3 Å². The molecule has 2 bridgehead atoms. The minimum Gasteiger partial charge on any atom is -0.489 e. The zero-order valence-electron chi connectivity index (χ0n) is 19.2. The van der Waals surface area contributed by atoms with Crippen molar-refractivity contribution in [3.05, 3.63) is 28.8 Å². The molecule has 0 aromatic heterocycles. The molecule has 1 aromatic rings. The second-order valence-electron chi connectivity index (χ2n) is 10.3. The van der Waals surface area contributed by atoms with Crippen molar-refractivity contribution < 1.29 is 19.0 Å². The fourth-order valence-electron chi connectivity index (χ4n) is 5.28. The fourth-order valence-corrected chi connectivity index (χ4v) is 5.45. The van der Waals surface area contributed by atoms with Crippen LogP contribution in [-0.2, 0) is 9.47 Å². The van der Waals surface area contributed by atoms with Crippen LogP contribution in [0.2, 0.25) is 5.02 Å². The second-order valence-corrected chi connectivity index (χ2v) is 10.7. The van der Waals surface area contributed by atoms with Crippen LogP contribution in [0.15, 0.2) is 18.2 Å². The number of carbonyl (C=O) groups is 1. The molecule has 3 aliphatic rings. The van der Waals surface area contributed by atoms with Crippen molar-refractivity contribution in [1.29, 1.82) is 5.26 Å². The molecule has 2 heterocycles. The van der Waals surface area contributed by atoms with Gasteiger partial charge in [0.25, 0.3) is 0 Å². The first-order chi connectivity index (χ1) is 15.2. The van der Waals surface area contributed by atoms with Crippen LogP contribution < -0.4 is 4.74 Å². The quantitative estimate of drug-likeness (QED) is 0.563. The summed E-state index contributed by atoms with van der Waals surface area (Å²) in [7, 11) is 0. The van der Waals surface area contributed by atoms with Crippen molar-refractivity contribution in [1.82, 2.24) is 4.90 Å². The van der Waals surface area contributed by atoms with E-state index in [1.807, 2.05) is 25.7 Å². The molecule has 0 N–H and O–H groups in total. The van der Waals surface area contributed by atoms with Crippen LogP contribution in [0.3, 0.4) is 0 Å². The summed E-state index contributed by atoms with van der Waals surface area (Å²) < 4.78 is 18.2. The van der Waals surface area contributed by atoms with E-state index in [9.17, 15) is 10.1 Å². The van der Waals surface area contributed by atoms with Crippen LogP contribution >= 0.6 is 11.6 Å².